The summed E-state index contributed by atoms with van der Waals surface area (Å²) in [6.45, 7) is 6.43. The summed E-state index contributed by atoms with van der Waals surface area (Å²) < 4.78 is 0. The van der Waals surface area contributed by atoms with Gasteiger partial charge in [-0.05, 0) is 25.2 Å². The van der Waals surface area contributed by atoms with Crippen molar-refractivity contribution in [1.82, 2.24) is 5.32 Å². The van der Waals surface area contributed by atoms with Crippen LogP contribution in [0.5, 0.6) is 0 Å². The predicted molar refractivity (Wildman–Crippen MR) is 53.1 cm³/mol. The molecule has 2 heteroatoms. The number of nitrogens with two attached hydrogens (primary N) is 1. The normalized spacial score (nSPS) is 24.2. The van der Waals surface area contributed by atoms with Crippen LogP contribution in [0.15, 0.2) is 0 Å². The third-order valence-electron chi connectivity index (χ3n) is 3.04. The van der Waals surface area contributed by atoms with Crippen molar-refractivity contribution < 1.29 is 0 Å². The molecule has 1 atom stereocenters. The quantitative estimate of drug-likeness (QED) is 0.671. The molecule has 1 aliphatic rings. The molecule has 2 nitrogen and oxygen atoms in total. The molecule has 1 saturated carbocycles. The van der Waals surface area contributed by atoms with Crippen LogP contribution in [0.4, 0.5) is 0 Å². The van der Waals surface area contributed by atoms with E-state index in [-0.39, 0.29) is 0 Å². The van der Waals surface area contributed by atoms with Crippen LogP contribution in [-0.2, 0) is 0 Å². The van der Waals surface area contributed by atoms with Crippen molar-refractivity contribution >= 4 is 0 Å². The summed E-state index contributed by atoms with van der Waals surface area (Å²) in [4.78, 5) is 0. The van der Waals surface area contributed by atoms with Gasteiger partial charge in [0.1, 0.15) is 0 Å². The maximum absolute atomic E-state index is 5.54. The van der Waals surface area contributed by atoms with Crippen LogP contribution in [0.3, 0.4) is 0 Å². The average molecular weight is 170 g/mol. The van der Waals surface area contributed by atoms with Gasteiger partial charge in [0.15, 0.2) is 0 Å². The zero-order chi connectivity index (χ0) is 9.03. The minimum absolute atomic E-state index is 0.474. The minimum atomic E-state index is 0.474. The Morgan fingerprint density at radius 1 is 1.42 bits per heavy atom. The maximum Gasteiger partial charge on any atom is 0.0162 e. The van der Waals surface area contributed by atoms with Gasteiger partial charge in [-0.25, -0.2) is 0 Å². The monoisotopic (exact) mass is 170 g/mol. The Balaban J connectivity index is 2.21. The standard InChI is InChI=1S/C10H22N2/c1-9(7-11)12-8-10(2)5-3-4-6-10/h9,12H,3-8,11H2,1-2H3. The zero-order valence-electron chi connectivity index (χ0n) is 8.40. The third kappa shape index (κ3) is 2.76. The van der Waals surface area contributed by atoms with Gasteiger partial charge in [0.05, 0.1) is 0 Å². The van der Waals surface area contributed by atoms with Crippen molar-refractivity contribution in [3.63, 3.8) is 0 Å². The summed E-state index contributed by atoms with van der Waals surface area (Å²) in [7, 11) is 0. The molecule has 0 bridgehead atoms. The van der Waals surface area contributed by atoms with Gasteiger partial charge in [-0.15, -0.1) is 0 Å². The van der Waals surface area contributed by atoms with E-state index in [0.717, 1.165) is 13.1 Å². The number of hydrogen-bond donors (Lipinski definition) is 2. The van der Waals surface area contributed by atoms with Gasteiger partial charge < -0.3 is 11.1 Å². The summed E-state index contributed by atoms with van der Waals surface area (Å²) in [5.41, 5.74) is 6.10. The van der Waals surface area contributed by atoms with E-state index in [0.29, 0.717) is 11.5 Å². The molecule has 0 heterocycles. The van der Waals surface area contributed by atoms with Crippen LogP contribution in [0, 0.1) is 5.41 Å². The number of rotatable bonds is 4. The van der Waals surface area contributed by atoms with Gasteiger partial charge in [-0.1, -0.05) is 19.8 Å². The molecule has 0 aromatic heterocycles. The van der Waals surface area contributed by atoms with Crippen molar-refractivity contribution in [2.45, 2.75) is 45.6 Å². The largest absolute Gasteiger partial charge is 0.329 e. The molecule has 72 valence electrons. The van der Waals surface area contributed by atoms with E-state index in [1.54, 1.807) is 0 Å². The van der Waals surface area contributed by atoms with Crippen molar-refractivity contribution in [2.75, 3.05) is 13.1 Å². The second kappa shape index (κ2) is 4.24. The maximum atomic E-state index is 5.54. The first-order valence-corrected chi connectivity index (χ1v) is 5.10. The van der Waals surface area contributed by atoms with Crippen LogP contribution >= 0.6 is 0 Å². The first-order chi connectivity index (χ1) is 5.66. The molecule has 1 aliphatic carbocycles. The molecule has 0 spiro atoms. The highest BCUT2D eigenvalue weighted by Crippen LogP contribution is 2.36. The second-order valence-corrected chi connectivity index (χ2v) is 4.54. The van der Waals surface area contributed by atoms with Gasteiger partial charge in [-0.2, -0.15) is 0 Å². The Labute approximate surface area is 75.9 Å². The molecule has 0 aromatic rings. The molecule has 1 fully saturated rings. The topological polar surface area (TPSA) is 38.0 Å². The van der Waals surface area contributed by atoms with Crippen molar-refractivity contribution in [3.8, 4) is 0 Å². The molecule has 0 radical (unpaired) electrons. The van der Waals surface area contributed by atoms with Crippen LogP contribution in [0.2, 0.25) is 0 Å². The van der Waals surface area contributed by atoms with Gasteiger partial charge >= 0.3 is 0 Å². The summed E-state index contributed by atoms with van der Waals surface area (Å²) in [5.74, 6) is 0. The lowest BCUT2D eigenvalue weighted by Crippen LogP contribution is -2.39. The summed E-state index contributed by atoms with van der Waals surface area (Å²) in [6, 6.07) is 0.474. The Morgan fingerprint density at radius 3 is 2.50 bits per heavy atom. The molecular formula is C10H22N2. The Kier molecular flexibility index (Phi) is 3.53. The van der Waals surface area contributed by atoms with Crippen molar-refractivity contribution in [3.05, 3.63) is 0 Å². The van der Waals surface area contributed by atoms with Gasteiger partial charge in [-0.3, -0.25) is 0 Å². The second-order valence-electron chi connectivity index (χ2n) is 4.54. The molecule has 0 amide bonds. The fourth-order valence-corrected chi connectivity index (χ4v) is 1.91. The van der Waals surface area contributed by atoms with Gasteiger partial charge in [0.2, 0.25) is 0 Å². The molecule has 0 saturated heterocycles. The lowest BCUT2D eigenvalue weighted by atomic mass is 9.89. The lowest BCUT2D eigenvalue weighted by molar-refractivity contribution is 0.302. The molecule has 12 heavy (non-hydrogen) atoms. The van der Waals surface area contributed by atoms with Crippen molar-refractivity contribution in [1.29, 1.82) is 0 Å². The Hall–Kier alpha value is -0.0800. The van der Waals surface area contributed by atoms with Crippen LogP contribution in [0.1, 0.15) is 39.5 Å². The van der Waals surface area contributed by atoms with Gasteiger partial charge in [0, 0.05) is 19.1 Å². The first kappa shape index (κ1) is 10.0. The van der Waals surface area contributed by atoms with E-state index >= 15 is 0 Å². The van der Waals surface area contributed by atoms with Crippen LogP contribution in [-0.4, -0.2) is 19.1 Å². The third-order valence-corrected chi connectivity index (χ3v) is 3.04. The van der Waals surface area contributed by atoms with Crippen molar-refractivity contribution in [2.24, 2.45) is 11.1 Å². The minimum Gasteiger partial charge on any atom is -0.329 e. The first-order valence-electron chi connectivity index (χ1n) is 5.10. The average Bonchev–Trinajstić information content (AvgIpc) is 2.49. The zero-order valence-corrected chi connectivity index (χ0v) is 8.40. The van der Waals surface area contributed by atoms with Gasteiger partial charge in [0.25, 0.3) is 0 Å². The Morgan fingerprint density at radius 2 is 2.00 bits per heavy atom. The van der Waals surface area contributed by atoms with E-state index in [2.05, 4.69) is 19.2 Å². The van der Waals surface area contributed by atoms with E-state index in [9.17, 15) is 0 Å². The fraction of sp³-hybridized carbons (Fsp3) is 1.00. The molecule has 3 N–H and O–H groups in total. The molecule has 1 rings (SSSR count). The van der Waals surface area contributed by atoms with Crippen LogP contribution < -0.4 is 11.1 Å². The highest BCUT2D eigenvalue weighted by atomic mass is 14.9. The molecule has 0 aromatic carbocycles. The van der Waals surface area contributed by atoms with Crippen LogP contribution in [0.25, 0.3) is 0 Å². The Bertz CT molecular complexity index is 128. The molecule has 1 unspecified atom stereocenters. The van der Waals surface area contributed by atoms with E-state index in [1.807, 2.05) is 0 Å². The highest BCUT2D eigenvalue weighted by molar-refractivity contribution is 4.83. The number of nitrogens with one attached hydrogen (secondary N) is 1. The van der Waals surface area contributed by atoms with E-state index < -0.39 is 0 Å². The number of hydrogen-bond acceptors (Lipinski definition) is 2. The summed E-state index contributed by atoms with van der Waals surface area (Å²) in [5, 5.41) is 3.49. The van der Waals surface area contributed by atoms with E-state index in [1.165, 1.54) is 25.7 Å². The van der Waals surface area contributed by atoms with E-state index in [4.69, 9.17) is 5.73 Å². The molecule has 0 aliphatic heterocycles. The highest BCUT2D eigenvalue weighted by Gasteiger charge is 2.28. The predicted octanol–water partition coefficient (Wildman–Crippen LogP) is 1.50. The summed E-state index contributed by atoms with van der Waals surface area (Å²) in [6.07, 6.45) is 5.60. The smallest absolute Gasteiger partial charge is 0.0162 e. The molecular weight excluding hydrogens is 148 g/mol. The lowest BCUT2D eigenvalue weighted by Gasteiger charge is -2.25. The fourth-order valence-electron chi connectivity index (χ4n) is 1.91. The SMILES string of the molecule is CC(CN)NCC1(C)CCCC1. The summed E-state index contributed by atoms with van der Waals surface area (Å²) >= 11 is 0.